The van der Waals surface area contributed by atoms with Crippen molar-refractivity contribution in [1.82, 2.24) is 20.4 Å². The van der Waals surface area contributed by atoms with E-state index in [1.54, 1.807) is 77.7 Å². The SMILES string of the molecule is CC(C(=O)OC(C)(C)C)N1CCN(CC2CN(c3ccc(C(=N)NC(=O)c4ccc5ccccc5c4)cc3)C(=O)O2)CC1.CS(=O)(=O)OCC1CN(c2ccc(C(=N)NC(=O)c3ccc4ccccc4c3)cc2)C(=O)O1. The number of cyclic esters (lactones) is 2. The predicted molar refractivity (Wildman–Crippen MR) is 289 cm³/mol. The summed E-state index contributed by atoms with van der Waals surface area (Å²) in [5.41, 5.74) is 2.57. The Bertz CT molecular complexity index is 3280. The summed E-state index contributed by atoms with van der Waals surface area (Å²) in [6, 6.07) is 39.3. The third kappa shape index (κ3) is 14.0. The van der Waals surface area contributed by atoms with Gasteiger partial charge in [0.15, 0.2) is 0 Å². The summed E-state index contributed by atoms with van der Waals surface area (Å²) >= 11 is 0. The zero-order chi connectivity index (χ0) is 54.3. The standard InChI is InChI=1S/C33H39N5O5.C23H21N3O6S/c1-22(31(40)43-33(2,3)4)37-17-15-36(16-18-37)20-28-21-38(32(41)42-28)27-13-11-24(12-14-27)29(34)35-30(39)26-10-9-23-7-5-6-8-25(23)19-26;1-33(29,30)31-14-20-13-26(23(28)32-20)19-10-8-16(9-11-19)21(24)25-22(27)18-7-6-15-4-2-3-5-17(15)12-18/h5-14,19,22,28H,15-18,20-21H2,1-4H3,(H2,34,35,39);2-12,20H,13-14H2,1H3,(H2,24,25,27). The first-order valence-corrected chi connectivity index (χ1v) is 26.5. The van der Waals surface area contributed by atoms with Crippen LogP contribution >= 0.6 is 0 Å². The Morgan fingerprint density at radius 3 is 1.50 bits per heavy atom. The van der Waals surface area contributed by atoms with Crippen LogP contribution in [0.25, 0.3) is 21.5 Å². The first-order chi connectivity index (χ1) is 36.2. The molecule has 0 spiro atoms. The molecule has 0 saturated carbocycles. The lowest BCUT2D eigenvalue weighted by Crippen LogP contribution is -2.54. The van der Waals surface area contributed by atoms with Crippen molar-refractivity contribution in [3.05, 3.63) is 156 Å². The third-order valence-electron chi connectivity index (χ3n) is 12.8. The minimum Gasteiger partial charge on any atom is -0.459 e. The smallest absolute Gasteiger partial charge is 0.414 e. The molecule has 0 aromatic heterocycles. The van der Waals surface area contributed by atoms with Crippen molar-refractivity contribution in [2.45, 2.75) is 51.5 Å². The number of nitrogens with one attached hydrogen (secondary N) is 4. The Labute approximate surface area is 440 Å². The van der Waals surface area contributed by atoms with Crippen LogP contribution in [0.15, 0.2) is 133 Å². The van der Waals surface area contributed by atoms with E-state index < -0.39 is 39.9 Å². The molecule has 6 aromatic carbocycles. The van der Waals surface area contributed by atoms with Gasteiger partial charge in [-0.1, -0.05) is 60.7 Å². The van der Waals surface area contributed by atoms with Crippen LogP contribution in [0.3, 0.4) is 0 Å². The fourth-order valence-electron chi connectivity index (χ4n) is 8.80. The van der Waals surface area contributed by atoms with Crippen LogP contribution in [-0.2, 0) is 33.3 Å². The molecule has 3 unspecified atom stereocenters. The minimum atomic E-state index is -3.64. The van der Waals surface area contributed by atoms with Gasteiger partial charge >= 0.3 is 18.2 Å². The van der Waals surface area contributed by atoms with Gasteiger partial charge in [0.05, 0.1) is 19.3 Å². The van der Waals surface area contributed by atoms with Gasteiger partial charge in [-0.3, -0.25) is 49.0 Å². The molecular weight excluding hydrogens is 993 g/mol. The minimum absolute atomic E-state index is 0.0216. The number of amidine groups is 2. The Balaban J connectivity index is 0.000000209. The van der Waals surface area contributed by atoms with Crippen molar-refractivity contribution >= 4 is 84.7 Å². The van der Waals surface area contributed by atoms with E-state index >= 15 is 0 Å². The topological polar surface area (TPSA) is 241 Å². The van der Waals surface area contributed by atoms with Gasteiger partial charge < -0.3 is 24.8 Å². The summed E-state index contributed by atoms with van der Waals surface area (Å²) in [6.45, 7) is 11.4. The van der Waals surface area contributed by atoms with Gasteiger partial charge in [0, 0.05) is 66.4 Å². The molecule has 3 atom stereocenters. The maximum absolute atomic E-state index is 12.8. The van der Waals surface area contributed by atoms with Crippen molar-refractivity contribution in [2.75, 3.05) is 68.5 Å². The largest absolute Gasteiger partial charge is 0.459 e. The molecular formula is C56H60N8O11S. The first-order valence-electron chi connectivity index (χ1n) is 24.6. The lowest BCUT2D eigenvalue weighted by Gasteiger charge is -2.38. The van der Waals surface area contributed by atoms with E-state index in [1.165, 1.54) is 4.90 Å². The Kier molecular flexibility index (Phi) is 16.6. The Hall–Kier alpha value is -8.04. The summed E-state index contributed by atoms with van der Waals surface area (Å²) in [5.74, 6) is -1.07. The van der Waals surface area contributed by atoms with Crippen molar-refractivity contribution in [1.29, 1.82) is 10.8 Å². The zero-order valence-electron chi connectivity index (χ0n) is 42.8. The van der Waals surface area contributed by atoms with E-state index in [4.69, 9.17) is 29.2 Å². The molecule has 3 aliphatic rings. The number of piperazine rings is 1. The van der Waals surface area contributed by atoms with E-state index in [-0.39, 0.29) is 48.8 Å². The number of amides is 4. The van der Waals surface area contributed by atoms with Gasteiger partial charge in [0.25, 0.3) is 21.9 Å². The second-order valence-electron chi connectivity index (χ2n) is 19.6. The van der Waals surface area contributed by atoms with E-state index in [2.05, 4.69) is 20.4 Å². The number of nitrogens with zero attached hydrogens (tertiary/aromatic N) is 4. The molecule has 4 amide bonds. The molecule has 3 saturated heterocycles. The maximum atomic E-state index is 12.8. The highest BCUT2D eigenvalue weighted by Gasteiger charge is 2.36. The average molecular weight is 1050 g/mol. The van der Waals surface area contributed by atoms with Crippen LogP contribution in [0.1, 0.15) is 59.5 Å². The zero-order valence-corrected chi connectivity index (χ0v) is 43.6. The number of carbonyl (C=O) groups excluding carboxylic acids is 5. The van der Waals surface area contributed by atoms with Gasteiger partial charge in [-0.25, -0.2) is 9.59 Å². The highest BCUT2D eigenvalue weighted by molar-refractivity contribution is 7.86. The maximum Gasteiger partial charge on any atom is 0.414 e. The van der Waals surface area contributed by atoms with Crippen molar-refractivity contribution in [2.24, 2.45) is 0 Å². The number of ether oxygens (including phenoxy) is 3. The summed E-state index contributed by atoms with van der Waals surface area (Å²) in [4.78, 5) is 69.9. The molecule has 396 valence electrons. The average Bonchev–Trinajstić information content (AvgIpc) is 3.97. The summed E-state index contributed by atoms with van der Waals surface area (Å²) < 4.78 is 43.3. The van der Waals surface area contributed by atoms with Crippen LogP contribution in [0, 0.1) is 10.8 Å². The normalized spacial score (nSPS) is 17.5. The van der Waals surface area contributed by atoms with E-state index in [0.29, 0.717) is 46.7 Å². The molecule has 0 aliphatic carbocycles. The number of benzene rings is 6. The number of hydrogen-bond acceptors (Lipinski definition) is 15. The second kappa shape index (κ2) is 23.2. The van der Waals surface area contributed by atoms with Gasteiger partial charge in [-0.15, -0.1) is 0 Å². The van der Waals surface area contributed by atoms with Crippen molar-refractivity contribution in [3.8, 4) is 0 Å². The van der Waals surface area contributed by atoms with Crippen LogP contribution in [0.2, 0.25) is 0 Å². The molecule has 9 rings (SSSR count). The summed E-state index contributed by atoms with van der Waals surface area (Å²) in [5, 5.41) is 25.8. The first kappa shape index (κ1) is 54.2. The molecule has 19 nitrogen and oxygen atoms in total. The number of anilines is 2. The van der Waals surface area contributed by atoms with Crippen molar-refractivity contribution in [3.63, 3.8) is 0 Å². The number of rotatable bonds is 13. The molecule has 3 aliphatic heterocycles. The van der Waals surface area contributed by atoms with Gasteiger partial charge in [-0.05, 0) is 122 Å². The second-order valence-corrected chi connectivity index (χ2v) is 21.3. The highest BCUT2D eigenvalue weighted by Crippen LogP contribution is 2.26. The molecule has 3 fully saturated rings. The van der Waals surface area contributed by atoms with Crippen LogP contribution in [0.5, 0.6) is 0 Å². The molecule has 6 aromatic rings. The third-order valence-corrected chi connectivity index (χ3v) is 13.4. The fraction of sp³-hybridized carbons (Fsp3) is 0.304. The van der Waals surface area contributed by atoms with Crippen LogP contribution in [0.4, 0.5) is 21.0 Å². The molecule has 4 N–H and O–H groups in total. The van der Waals surface area contributed by atoms with Crippen LogP contribution < -0.4 is 20.4 Å². The molecule has 20 heteroatoms. The lowest BCUT2D eigenvalue weighted by atomic mass is 10.1. The quantitative estimate of drug-likeness (QED) is 0.0295. The van der Waals surface area contributed by atoms with Crippen molar-refractivity contribution < 1.29 is 50.8 Å². The molecule has 3 heterocycles. The van der Waals surface area contributed by atoms with E-state index in [9.17, 15) is 32.4 Å². The Morgan fingerprint density at radius 1 is 0.632 bits per heavy atom. The van der Waals surface area contributed by atoms with Crippen LogP contribution in [-0.4, -0.2) is 142 Å². The number of carbonyl (C=O) groups is 5. The van der Waals surface area contributed by atoms with Gasteiger partial charge in [-0.2, -0.15) is 8.42 Å². The monoisotopic (exact) mass is 1050 g/mol. The van der Waals surface area contributed by atoms with Gasteiger partial charge in [0.2, 0.25) is 0 Å². The summed E-state index contributed by atoms with van der Waals surface area (Å²) in [7, 11) is -3.64. The fourth-order valence-corrected chi connectivity index (χ4v) is 9.20. The molecule has 0 radical (unpaired) electrons. The number of esters is 1. The number of hydrogen-bond donors (Lipinski definition) is 4. The lowest BCUT2D eigenvalue weighted by molar-refractivity contribution is -0.161. The van der Waals surface area contributed by atoms with E-state index in [0.717, 1.165) is 54.0 Å². The molecule has 0 bridgehead atoms. The predicted octanol–water partition coefficient (Wildman–Crippen LogP) is 7.16. The summed E-state index contributed by atoms with van der Waals surface area (Å²) in [6.07, 6.45) is -1.10. The highest BCUT2D eigenvalue weighted by atomic mass is 32.2. The van der Waals surface area contributed by atoms with E-state index in [1.807, 2.05) is 88.4 Å². The Morgan fingerprint density at radius 2 is 1.05 bits per heavy atom. The van der Waals surface area contributed by atoms with Gasteiger partial charge in [0.1, 0.15) is 42.1 Å². The number of fused-ring (bicyclic) bond motifs is 2. The molecule has 76 heavy (non-hydrogen) atoms.